The number of halogens is 1. The molecule has 0 saturated heterocycles. The van der Waals surface area contributed by atoms with Gasteiger partial charge in [-0.3, -0.25) is 4.79 Å². The lowest BCUT2D eigenvalue weighted by Crippen LogP contribution is -2.32. The fourth-order valence-corrected chi connectivity index (χ4v) is 2.62. The van der Waals surface area contributed by atoms with Crippen LogP contribution in [0.15, 0.2) is 42.5 Å². The zero-order valence-corrected chi connectivity index (χ0v) is 15.3. The number of carbonyl (C=O) groups excluding carboxylic acids is 1. The van der Waals surface area contributed by atoms with Crippen molar-refractivity contribution in [2.45, 2.75) is 25.8 Å². The molecule has 0 heterocycles. The molecule has 6 heteroatoms. The van der Waals surface area contributed by atoms with Crippen LogP contribution in [0.5, 0.6) is 11.5 Å². The summed E-state index contributed by atoms with van der Waals surface area (Å²) in [6.45, 7) is 2.52. The first kappa shape index (κ1) is 19.7. The molecule has 1 atom stereocenters. The van der Waals surface area contributed by atoms with Gasteiger partial charge in [0.25, 0.3) is 0 Å². The first-order chi connectivity index (χ1) is 12.5. The van der Waals surface area contributed by atoms with Crippen LogP contribution < -0.4 is 20.1 Å². The lowest BCUT2D eigenvalue weighted by molar-refractivity contribution is -0.116. The van der Waals surface area contributed by atoms with Crippen molar-refractivity contribution in [1.29, 1.82) is 0 Å². The molecule has 2 aromatic rings. The highest BCUT2D eigenvalue weighted by Gasteiger charge is 2.12. The number of hydrogen-bond donors (Lipinski definition) is 2. The van der Waals surface area contributed by atoms with Gasteiger partial charge >= 0.3 is 0 Å². The Morgan fingerprint density at radius 2 is 1.92 bits per heavy atom. The highest BCUT2D eigenvalue weighted by atomic mass is 19.1. The molecule has 140 valence electrons. The van der Waals surface area contributed by atoms with Gasteiger partial charge in [0, 0.05) is 18.5 Å². The molecule has 0 aliphatic carbocycles. The standard InChI is InChI=1S/C20H25FN2O3/c1-14(22-11-10-15-6-4-5-7-17(15)21)12-20(24)23-18-13-16(25-2)8-9-19(18)26-3/h4-9,13-14,22H,10-12H2,1-3H3,(H,23,24). The minimum absolute atomic E-state index is 0.0432. The number of anilines is 1. The van der Waals surface area contributed by atoms with Gasteiger partial charge < -0.3 is 20.1 Å². The average molecular weight is 360 g/mol. The number of methoxy groups -OCH3 is 2. The third kappa shape index (κ3) is 5.74. The summed E-state index contributed by atoms with van der Waals surface area (Å²) in [6.07, 6.45) is 0.861. The van der Waals surface area contributed by atoms with Crippen LogP contribution in [0.3, 0.4) is 0 Å². The van der Waals surface area contributed by atoms with Gasteiger partial charge in [0.1, 0.15) is 17.3 Å². The molecular weight excluding hydrogens is 335 g/mol. The maximum Gasteiger partial charge on any atom is 0.226 e. The first-order valence-electron chi connectivity index (χ1n) is 8.52. The van der Waals surface area contributed by atoms with Gasteiger partial charge in [0.2, 0.25) is 5.91 Å². The molecule has 1 amide bonds. The number of amides is 1. The molecule has 0 aromatic heterocycles. The molecule has 26 heavy (non-hydrogen) atoms. The van der Waals surface area contributed by atoms with E-state index in [4.69, 9.17) is 9.47 Å². The topological polar surface area (TPSA) is 59.6 Å². The number of rotatable bonds is 9. The lowest BCUT2D eigenvalue weighted by atomic mass is 10.1. The van der Waals surface area contributed by atoms with Crippen molar-refractivity contribution in [3.63, 3.8) is 0 Å². The fraction of sp³-hybridized carbons (Fsp3) is 0.350. The summed E-state index contributed by atoms with van der Waals surface area (Å²) >= 11 is 0. The lowest BCUT2D eigenvalue weighted by Gasteiger charge is -2.15. The first-order valence-corrected chi connectivity index (χ1v) is 8.52. The van der Waals surface area contributed by atoms with E-state index in [-0.39, 0.29) is 24.2 Å². The second kappa shape index (κ2) is 9.77. The summed E-state index contributed by atoms with van der Waals surface area (Å²) in [5.74, 6) is 0.865. The summed E-state index contributed by atoms with van der Waals surface area (Å²) in [5, 5.41) is 6.08. The summed E-state index contributed by atoms with van der Waals surface area (Å²) < 4.78 is 24.0. The molecule has 0 radical (unpaired) electrons. The van der Waals surface area contributed by atoms with Crippen LogP contribution in [-0.2, 0) is 11.2 Å². The molecule has 2 aromatic carbocycles. The largest absolute Gasteiger partial charge is 0.497 e. The van der Waals surface area contributed by atoms with Crippen molar-refractivity contribution in [3.05, 3.63) is 53.8 Å². The minimum Gasteiger partial charge on any atom is -0.497 e. The van der Waals surface area contributed by atoms with Crippen molar-refractivity contribution < 1.29 is 18.7 Å². The SMILES string of the molecule is COc1ccc(OC)c(NC(=O)CC(C)NCCc2ccccc2F)c1. The molecule has 0 aliphatic heterocycles. The molecule has 1 unspecified atom stereocenters. The van der Waals surface area contributed by atoms with Gasteiger partial charge in [0.05, 0.1) is 19.9 Å². The summed E-state index contributed by atoms with van der Waals surface area (Å²) in [4.78, 5) is 12.3. The maximum absolute atomic E-state index is 13.6. The smallest absolute Gasteiger partial charge is 0.226 e. The molecule has 0 fully saturated rings. The normalized spacial score (nSPS) is 11.7. The van der Waals surface area contributed by atoms with Crippen LogP contribution in [0.1, 0.15) is 18.9 Å². The van der Waals surface area contributed by atoms with E-state index in [0.717, 1.165) is 0 Å². The van der Waals surface area contributed by atoms with Gasteiger partial charge in [-0.25, -0.2) is 4.39 Å². The second-order valence-electron chi connectivity index (χ2n) is 6.02. The van der Waals surface area contributed by atoms with E-state index in [1.807, 2.05) is 13.0 Å². The Hall–Kier alpha value is -2.60. The zero-order valence-electron chi connectivity index (χ0n) is 15.3. The van der Waals surface area contributed by atoms with E-state index in [1.165, 1.54) is 6.07 Å². The van der Waals surface area contributed by atoms with E-state index >= 15 is 0 Å². The molecule has 0 aliphatic rings. The third-order valence-corrected chi connectivity index (χ3v) is 4.02. The number of carbonyl (C=O) groups is 1. The number of nitrogens with one attached hydrogen (secondary N) is 2. The minimum atomic E-state index is -0.204. The van der Waals surface area contributed by atoms with Crippen molar-refractivity contribution in [2.24, 2.45) is 0 Å². The number of benzene rings is 2. The maximum atomic E-state index is 13.6. The molecule has 0 saturated carbocycles. The predicted octanol–water partition coefficient (Wildman–Crippen LogP) is 3.39. The van der Waals surface area contributed by atoms with Gasteiger partial charge in [-0.05, 0) is 43.7 Å². The highest BCUT2D eigenvalue weighted by Crippen LogP contribution is 2.29. The van der Waals surface area contributed by atoms with Crippen LogP contribution in [0.25, 0.3) is 0 Å². The summed E-state index contributed by atoms with van der Waals surface area (Å²) in [5.41, 5.74) is 1.23. The van der Waals surface area contributed by atoms with Crippen molar-refractivity contribution in [2.75, 3.05) is 26.1 Å². The van der Waals surface area contributed by atoms with Crippen molar-refractivity contribution in [3.8, 4) is 11.5 Å². The van der Waals surface area contributed by atoms with Gasteiger partial charge in [-0.15, -0.1) is 0 Å². The second-order valence-corrected chi connectivity index (χ2v) is 6.02. The van der Waals surface area contributed by atoms with Gasteiger partial charge in [-0.2, -0.15) is 0 Å². The Labute approximate surface area is 153 Å². The number of hydrogen-bond acceptors (Lipinski definition) is 4. The predicted molar refractivity (Wildman–Crippen MR) is 100 cm³/mol. The molecule has 0 spiro atoms. The molecular formula is C20H25FN2O3. The monoisotopic (exact) mass is 360 g/mol. The van der Waals surface area contributed by atoms with Crippen LogP contribution in [0.4, 0.5) is 10.1 Å². The van der Waals surface area contributed by atoms with Crippen LogP contribution in [-0.4, -0.2) is 32.7 Å². The molecule has 2 N–H and O–H groups in total. The van der Waals surface area contributed by atoms with Gasteiger partial charge in [0.15, 0.2) is 0 Å². The third-order valence-electron chi connectivity index (χ3n) is 4.02. The van der Waals surface area contributed by atoms with Crippen LogP contribution in [0, 0.1) is 5.82 Å². The van der Waals surface area contributed by atoms with E-state index in [0.29, 0.717) is 35.7 Å². The average Bonchev–Trinajstić information content (AvgIpc) is 2.63. The van der Waals surface area contributed by atoms with Crippen molar-refractivity contribution >= 4 is 11.6 Å². The Kier molecular flexibility index (Phi) is 7.41. The van der Waals surface area contributed by atoms with Crippen molar-refractivity contribution in [1.82, 2.24) is 5.32 Å². The Morgan fingerprint density at radius 3 is 2.62 bits per heavy atom. The Balaban J connectivity index is 1.83. The van der Waals surface area contributed by atoms with E-state index in [1.54, 1.807) is 44.6 Å². The quantitative estimate of drug-likeness (QED) is 0.720. The van der Waals surface area contributed by atoms with Crippen LogP contribution >= 0.6 is 0 Å². The molecule has 5 nitrogen and oxygen atoms in total. The van der Waals surface area contributed by atoms with Gasteiger partial charge in [-0.1, -0.05) is 18.2 Å². The Bertz CT molecular complexity index is 737. The van der Waals surface area contributed by atoms with E-state index < -0.39 is 0 Å². The van der Waals surface area contributed by atoms with E-state index in [2.05, 4.69) is 10.6 Å². The fourth-order valence-electron chi connectivity index (χ4n) is 2.62. The highest BCUT2D eigenvalue weighted by molar-refractivity contribution is 5.92. The zero-order chi connectivity index (χ0) is 18.9. The number of ether oxygens (including phenoxy) is 2. The van der Waals surface area contributed by atoms with Crippen LogP contribution in [0.2, 0.25) is 0 Å². The molecule has 2 rings (SSSR count). The molecule has 0 bridgehead atoms. The Morgan fingerprint density at radius 1 is 1.15 bits per heavy atom. The summed E-state index contributed by atoms with van der Waals surface area (Å²) in [6, 6.07) is 11.9. The summed E-state index contributed by atoms with van der Waals surface area (Å²) in [7, 11) is 3.11. The van der Waals surface area contributed by atoms with E-state index in [9.17, 15) is 9.18 Å².